The molecule has 7 aromatic rings. The monoisotopic (exact) mass is 446 g/mol. The summed E-state index contributed by atoms with van der Waals surface area (Å²) in [4.78, 5) is 14.0. The molecule has 0 saturated heterocycles. The molecule has 0 saturated carbocycles. The van der Waals surface area contributed by atoms with Crippen molar-refractivity contribution in [3.8, 4) is 22.3 Å². The molecule has 0 N–H and O–H groups in total. The van der Waals surface area contributed by atoms with Crippen molar-refractivity contribution in [2.45, 2.75) is 12.8 Å². The maximum absolute atomic E-state index is 5.06. The molecule has 0 unspecified atom stereocenters. The topological polar surface area (TPSA) is 43.1 Å². The van der Waals surface area contributed by atoms with E-state index in [1.807, 2.05) is 30.9 Å². The molecule has 35 heavy (non-hydrogen) atoms. The van der Waals surface area contributed by atoms with Crippen molar-refractivity contribution in [2.24, 2.45) is 0 Å². The van der Waals surface area contributed by atoms with Crippen LogP contribution in [0.15, 0.2) is 85.5 Å². The fraction of sp³-hybridized carbons (Fsp3) is 0.0645. The smallest absolute Gasteiger partial charge is 0.146 e. The first kappa shape index (κ1) is 17.8. The summed E-state index contributed by atoms with van der Waals surface area (Å²) >= 11 is 0. The van der Waals surface area contributed by atoms with Crippen LogP contribution >= 0.6 is 0 Å². The molecule has 4 aromatic heterocycles. The van der Waals surface area contributed by atoms with E-state index in [4.69, 9.17) is 4.98 Å². The quantitative estimate of drug-likeness (QED) is 0.243. The van der Waals surface area contributed by atoms with E-state index < -0.39 is 0 Å². The van der Waals surface area contributed by atoms with Gasteiger partial charge in [-0.05, 0) is 69.5 Å². The average Bonchev–Trinajstić information content (AvgIpc) is 3.59. The van der Waals surface area contributed by atoms with E-state index in [0.29, 0.717) is 0 Å². The number of hydrogen-bond acceptors (Lipinski definition) is 3. The van der Waals surface area contributed by atoms with Gasteiger partial charge in [-0.3, -0.25) is 14.4 Å². The van der Waals surface area contributed by atoms with Gasteiger partial charge in [0, 0.05) is 34.7 Å². The highest BCUT2D eigenvalue weighted by Gasteiger charge is 2.30. The fourth-order valence-corrected chi connectivity index (χ4v) is 6.59. The molecule has 0 fully saturated rings. The van der Waals surface area contributed by atoms with Crippen molar-refractivity contribution in [1.29, 1.82) is 0 Å². The molecule has 4 heterocycles. The lowest BCUT2D eigenvalue weighted by Crippen LogP contribution is -1.94. The Balaban J connectivity index is 1.44. The maximum atomic E-state index is 5.06. The first-order valence-electron chi connectivity index (χ1n) is 12.0. The van der Waals surface area contributed by atoms with Crippen LogP contribution in [0.3, 0.4) is 0 Å². The van der Waals surface area contributed by atoms with Gasteiger partial charge in [-0.1, -0.05) is 48.5 Å². The van der Waals surface area contributed by atoms with Gasteiger partial charge in [-0.25, -0.2) is 4.98 Å². The summed E-state index contributed by atoms with van der Waals surface area (Å²) in [7, 11) is 0. The largest absolute Gasteiger partial charge is 0.290 e. The number of nitrogens with zero attached hydrogens (tertiary/aromatic N) is 4. The maximum Gasteiger partial charge on any atom is 0.146 e. The summed E-state index contributed by atoms with van der Waals surface area (Å²) in [6.45, 7) is 0. The van der Waals surface area contributed by atoms with E-state index in [1.54, 1.807) is 0 Å². The normalized spacial score (nSPS) is 13.5. The van der Waals surface area contributed by atoms with Crippen molar-refractivity contribution in [3.05, 3.63) is 108 Å². The Bertz CT molecular complexity index is 2070. The minimum absolute atomic E-state index is 0.960. The van der Waals surface area contributed by atoms with Crippen LogP contribution in [0.4, 0.5) is 0 Å². The lowest BCUT2D eigenvalue weighted by atomic mass is 9.93. The van der Waals surface area contributed by atoms with Gasteiger partial charge in [0.25, 0.3) is 0 Å². The van der Waals surface area contributed by atoms with Crippen molar-refractivity contribution < 1.29 is 0 Å². The Kier molecular flexibility index (Phi) is 3.11. The summed E-state index contributed by atoms with van der Waals surface area (Å²) < 4.78 is 2.24. The van der Waals surface area contributed by atoms with E-state index in [-0.39, 0.29) is 0 Å². The van der Waals surface area contributed by atoms with Crippen molar-refractivity contribution in [1.82, 2.24) is 19.4 Å². The number of rotatable bonds is 0. The van der Waals surface area contributed by atoms with Crippen molar-refractivity contribution in [2.75, 3.05) is 0 Å². The summed E-state index contributed by atoms with van der Waals surface area (Å²) in [6, 6.07) is 22.2. The molecule has 4 heteroatoms. The number of imidazole rings is 1. The molecular formula is C31H18N4. The van der Waals surface area contributed by atoms with Gasteiger partial charge in [-0.2, -0.15) is 0 Å². The van der Waals surface area contributed by atoms with Crippen LogP contribution < -0.4 is 0 Å². The van der Waals surface area contributed by atoms with E-state index in [0.717, 1.165) is 45.8 Å². The van der Waals surface area contributed by atoms with Gasteiger partial charge < -0.3 is 0 Å². The molecule has 0 spiro atoms. The zero-order valence-corrected chi connectivity index (χ0v) is 18.8. The Hall–Kier alpha value is -4.57. The van der Waals surface area contributed by atoms with E-state index in [2.05, 4.69) is 69.0 Å². The van der Waals surface area contributed by atoms with Crippen LogP contribution in [-0.2, 0) is 12.8 Å². The van der Waals surface area contributed by atoms with Gasteiger partial charge in [0.15, 0.2) is 0 Å². The third-order valence-electron chi connectivity index (χ3n) is 8.04. The predicted molar refractivity (Wildman–Crippen MR) is 140 cm³/mol. The highest BCUT2D eigenvalue weighted by atomic mass is 15.0. The number of aromatic nitrogens is 4. The third-order valence-corrected chi connectivity index (χ3v) is 8.04. The molecule has 0 radical (unpaired) electrons. The number of pyridine rings is 3. The van der Waals surface area contributed by atoms with Crippen LogP contribution in [0.25, 0.3) is 60.6 Å². The minimum Gasteiger partial charge on any atom is -0.290 e. The van der Waals surface area contributed by atoms with E-state index in [1.165, 1.54) is 49.9 Å². The Morgan fingerprint density at radius 3 is 2.46 bits per heavy atom. The fourth-order valence-electron chi connectivity index (χ4n) is 6.59. The number of benzene rings is 3. The van der Waals surface area contributed by atoms with Gasteiger partial charge >= 0.3 is 0 Å². The third kappa shape index (κ3) is 2.11. The van der Waals surface area contributed by atoms with Crippen molar-refractivity contribution >= 4 is 38.4 Å². The van der Waals surface area contributed by atoms with Gasteiger partial charge in [0.2, 0.25) is 0 Å². The molecule has 0 atom stereocenters. The van der Waals surface area contributed by atoms with Gasteiger partial charge in [0.05, 0.1) is 22.7 Å². The highest BCUT2D eigenvalue weighted by Crippen LogP contribution is 2.50. The van der Waals surface area contributed by atoms with Gasteiger partial charge in [0.1, 0.15) is 5.65 Å². The predicted octanol–water partition coefficient (Wildman–Crippen LogP) is 6.73. The van der Waals surface area contributed by atoms with E-state index in [9.17, 15) is 0 Å². The number of hydrogen-bond donors (Lipinski definition) is 0. The van der Waals surface area contributed by atoms with Gasteiger partial charge in [-0.15, -0.1) is 0 Å². The molecule has 3 aromatic carbocycles. The molecule has 4 nitrogen and oxygen atoms in total. The highest BCUT2D eigenvalue weighted by molar-refractivity contribution is 6.20. The minimum atomic E-state index is 0.960. The molecule has 2 aliphatic rings. The second-order valence-corrected chi connectivity index (χ2v) is 9.68. The lowest BCUT2D eigenvalue weighted by molar-refractivity contribution is 1.16. The molecule has 0 bridgehead atoms. The molecule has 0 aliphatic heterocycles. The van der Waals surface area contributed by atoms with Crippen molar-refractivity contribution in [3.63, 3.8) is 0 Å². The van der Waals surface area contributed by atoms with Crippen LogP contribution in [0.5, 0.6) is 0 Å². The zero-order chi connectivity index (χ0) is 22.7. The summed E-state index contributed by atoms with van der Waals surface area (Å²) in [5.41, 5.74) is 15.4. The lowest BCUT2D eigenvalue weighted by Gasteiger charge is -2.13. The molecule has 9 rings (SSSR count). The second-order valence-electron chi connectivity index (χ2n) is 9.68. The Morgan fingerprint density at radius 2 is 1.46 bits per heavy atom. The first-order chi connectivity index (χ1) is 17.4. The summed E-state index contributed by atoms with van der Waals surface area (Å²) in [6.07, 6.45) is 9.60. The standard InChI is InChI=1S/C31H18N4/c1-2-4-19-17(3-1)13-23-20(19)7-8-21-24(23)14-18-5-6-22-30(29(18)21)25-15-32-12-10-27(25)35-28-16-33-11-9-26(28)34-31(22)35/h1-12,15-16H,13-14H2. The number of fused-ring (bicyclic) bond motifs is 16. The van der Waals surface area contributed by atoms with E-state index >= 15 is 0 Å². The zero-order valence-electron chi connectivity index (χ0n) is 18.8. The second kappa shape index (κ2) is 6.10. The Morgan fingerprint density at radius 1 is 0.629 bits per heavy atom. The molecular weight excluding hydrogens is 428 g/mol. The SMILES string of the molecule is c1ccc2c(c1)Cc1c-2ccc2c1Cc1ccc3c(c1-2)c1cnccc1n1c2cnccc2nc31. The molecule has 0 amide bonds. The average molecular weight is 447 g/mol. The van der Waals surface area contributed by atoms with Crippen LogP contribution in [-0.4, -0.2) is 19.4 Å². The summed E-state index contributed by atoms with van der Waals surface area (Å²) in [5, 5.41) is 3.58. The van der Waals surface area contributed by atoms with Crippen LogP contribution in [0.2, 0.25) is 0 Å². The molecule has 162 valence electrons. The summed E-state index contributed by atoms with van der Waals surface area (Å²) in [5.74, 6) is 0. The molecule has 2 aliphatic carbocycles. The van der Waals surface area contributed by atoms with Crippen LogP contribution in [0.1, 0.15) is 22.3 Å². The Labute approximate surface area is 200 Å². The first-order valence-corrected chi connectivity index (χ1v) is 12.0. The van der Waals surface area contributed by atoms with Crippen LogP contribution in [0, 0.1) is 0 Å².